The molecule has 0 saturated heterocycles. The molecule has 0 bridgehead atoms. The number of carbonyl (C=O) groups excluding carboxylic acids is 1. The van der Waals surface area contributed by atoms with E-state index >= 15 is 0 Å². The van der Waals surface area contributed by atoms with Gasteiger partial charge in [-0.2, -0.15) is 0 Å². The predicted molar refractivity (Wildman–Crippen MR) is 76.8 cm³/mol. The molecule has 0 spiro atoms. The van der Waals surface area contributed by atoms with Gasteiger partial charge in [0.15, 0.2) is 5.78 Å². The summed E-state index contributed by atoms with van der Waals surface area (Å²) in [6.45, 7) is 2.12. The van der Waals surface area contributed by atoms with Crippen LogP contribution in [0.3, 0.4) is 0 Å². The lowest BCUT2D eigenvalue weighted by Crippen LogP contribution is -2.03. The Hall–Kier alpha value is -2.09. The highest BCUT2D eigenvalue weighted by molar-refractivity contribution is 5.97. The largest absolute Gasteiger partial charge is 0.497 e. The second-order valence-electron chi connectivity index (χ2n) is 4.50. The molecule has 0 radical (unpaired) electrons. The number of ketones is 1. The Morgan fingerprint density at radius 2 is 1.53 bits per heavy atom. The van der Waals surface area contributed by atoms with E-state index in [0.29, 0.717) is 6.42 Å². The maximum atomic E-state index is 12.1. The van der Waals surface area contributed by atoms with Crippen molar-refractivity contribution in [3.8, 4) is 5.75 Å². The third-order valence-corrected chi connectivity index (χ3v) is 3.21. The number of methoxy groups -OCH3 is 1. The highest BCUT2D eigenvalue weighted by atomic mass is 16.5. The fourth-order valence-corrected chi connectivity index (χ4v) is 1.96. The van der Waals surface area contributed by atoms with Crippen molar-refractivity contribution in [1.82, 2.24) is 0 Å². The smallest absolute Gasteiger partial charge is 0.167 e. The van der Waals surface area contributed by atoms with Gasteiger partial charge < -0.3 is 4.74 Å². The Bertz CT molecular complexity index is 538. The molecule has 0 aromatic heterocycles. The van der Waals surface area contributed by atoms with Gasteiger partial charge in [-0.3, -0.25) is 4.79 Å². The minimum absolute atomic E-state index is 0.131. The number of ether oxygens (including phenoxy) is 1. The lowest BCUT2D eigenvalue weighted by atomic mass is 10.0. The zero-order valence-corrected chi connectivity index (χ0v) is 11.3. The van der Waals surface area contributed by atoms with Gasteiger partial charge in [-0.15, -0.1) is 0 Å². The summed E-state index contributed by atoms with van der Waals surface area (Å²) in [6, 6.07) is 15.5. The van der Waals surface area contributed by atoms with Crippen LogP contribution in [-0.2, 0) is 12.8 Å². The van der Waals surface area contributed by atoms with Crippen molar-refractivity contribution in [3.05, 3.63) is 65.2 Å². The average molecular weight is 254 g/mol. The number of benzene rings is 2. The minimum atomic E-state index is 0.131. The SMILES string of the molecule is CCc1ccc(CC(=O)c2ccc(OC)cc2)cc1. The van der Waals surface area contributed by atoms with Gasteiger partial charge in [-0.25, -0.2) is 0 Å². The summed E-state index contributed by atoms with van der Waals surface area (Å²) in [6.07, 6.45) is 1.46. The minimum Gasteiger partial charge on any atom is -0.497 e. The van der Waals surface area contributed by atoms with Crippen LogP contribution in [0, 0.1) is 0 Å². The van der Waals surface area contributed by atoms with Gasteiger partial charge in [0.05, 0.1) is 7.11 Å². The molecule has 0 aliphatic heterocycles. The van der Waals surface area contributed by atoms with Crippen LogP contribution in [0.25, 0.3) is 0 Å². The van der Waals surface area contributed by atoms with E-state index < -0.39 is 0 Å². The number of Topliss-reactive ketones (excluding diaryl/α,β-unsaturated/α-hetero) is 1. The highest BCUT2D eigenvalue weighted by Gasteiger charge is 2.07. The lowest BCUT2D eigenvalue weighted by molar-refractivity contribution is 0.0993. The van der Waals surface area contributed by atoms with Crippen LogP contribution in [0.1, 0.15) is 28.4 Å². The summed E-state index contributed by atoms with van der Waals surface area (Å²) in [5.41, 5.74) is 3.07. The summed E-state index contributed by atoms with van der Waals surface area (Å²) in [7, 11) is 1.62. The van der Waals surface area contributed by atoms with E-state index in [-0.39, 0.29) is 5.78 Å². The Morgan fingerprint density at radius 3 is 2.05 bits per heavy atom. The molecule has 2 aromatic carbocycles. The molecule has 2 aromatic rings. The van der Waals surface area contributed by atoms with Crippen LogP contribution in [0.15, 0.2) is 48.5 Å². The second kappa shape index (κ2) is 6.19. The van der Waals surface area contributed by atoms with Crippen molar-refractivity contribution >= 4 is 5.78 Å². The molecule has 98 valence electrons. The molecule has 0 amide bonds. The van der Waals surface area contributed by atoms with Crippen LogP contribution in [0.2, 0.25) is 0 Å². The van der Waals surface area contributed by atoms with Crippen LogP contribution in [0.4, 0.5) is 0 Å². The molecule has 0 fully saturated rings. The molecular formula is C17H18O2. The van der Waals surface area contributed by atoms with E-state index in [4.69, 9.17) is 4.74 Å². The van der Waals surface area contributed by atoms with Gasteiger partial charge in [-0.1, -0.05) is 31.2 Å². The summed E-state index contributed by atoms with van der Waals surface area (Å²) >= 11 is 0. The Balaban J connectivity index is 2.06. The van der Waals surface area contributed by atoms with E-state index in [9.17, 15) is 4.79 Å². The first kappa shape index (κ1) is 13.3. The zero-order valence-electron chi connectivity index (χ0n) is 11.3. The maximum absolute atomic E-state index is 12.1. The quantitative estimate of drug-likeness (QED) is 0.761. The van der Waals surface area contributed by atoms with Crippen LogP contribution in [0.5, 0.6) is 5.75 Å². The van der Waals surface area contributed by atoms with Crippen molar-refractivity contribution < 1.29 is 9.53 Å². The number of hydrogen-bond acceptors (Lipinski definition) is 2. The Kier molecular flexibility index (Phi) is 4.35. The molecule has 0 aliphatic carbocycles. The van der Waals surface area contributed by atoms with E-state index in [2.05, 4.69) is 19.1 Å². The van der Waals surface area contributed by atoms with Gasteiger partial charge in [0, 0.05) is 12.0 Å². The molecule has 0 aliphatic rings. The standard InChI is InChI=1S/C17H18O2/c1-3-13-4-6-14(7-5-13)12-17(18)15-8-10-16(19-2)11-9-15/h4-11H,3,12H2,1-2H3. The summed E-state index contributed by atoms with van der Waals surface area (Å²) in [5, 5.41) is 0. The molecule has 2 nitrogen and oxygen atoms in total. The first-order valence-electron chi connectivity index (χ1n) is 6.48. The number of hydrogen-bond donors (Lipinski definition) is 0. The third kappa shape index (κ3) is 3.44. The molecule has 0 unspecified atom stereocenters. The third-order valence-electron chi connectivity index (χ3n) is 3.21. The first-order valence-corrected chi connectivity index (χ1v) is 6.48. The van der Waals surface area contributed by atoms with Crippen LogP contribution >= 0.6 is 0 Å². The fraction of sp³-hybridized carbons (Fsp3) is 0.235. The van der Waals surface area contributed by atoms with Crippen molar-refractivity contribution in [2.24, 2.45) is 0 Å². The lowest BCUT2D eigenvalue weighted by Gasteiger charge is -2.04. The average Bonchev–Trinajstić information content (AvgIpc) is 2.48. The summed E-state index contributed by atoms with van der Waals surface area (Å²) < 4.78 is 5.08. The van der Waals surface area contributed by atoms with E-state index in [1.165, 1.54) is 5.56 Å². The van der Waals surface area contributed by atoms with Crippen molar-refractivity contribution in [1.29, 1.82) is 0 Å². The monoisotopic (exact) mass is 254 g/mol. The van der Waals surface area contributed by atoms with Crippen molar-refractivity contribution in [3.63, 3.8) is 0 Å². The summed E-state index contributed by atoms with van der Waals surface area (Å²) in [5.74, 6) is 0.899. The highest BCUT2D eigenvalue weighted by Crippen LogP contribution is 2.14. The van der Waals surface area contributed by atoms with Crippen LogP contribution < -0.4 is 4.74 Å². The van der Waals surface area contributed by atoms with Gasteiger partial charge in [0.25, 0.3) is 0 Å². The van der Waals surface area contributed by atoms with Crippen LogP contribution in [-0.4, -0.2) is 12.9 Å². The van der Waals surface area contributed by atoms with Gasteiger partial charge >= 0.3 is 0 Å². The molecule has 2 rings (SSSR count). The van der Waals surface area contributed by atoms with Gasteiger partial charge in [-0.05, 0) is 41.8 Å². The van der Waals surface area contributed by atoms with Gasteiger partial charge in [0.2, 0.25) is 0 Å². The maximum Gasteiger partial charge on any atom is 0.167 e. The molecule has 0 N–H and O–H groups in total. The number of aryl methyl sites for hydroxylation is 1. The van der Waals surface area contributed by atoms with E-state index in [1.807, 2.05) is 36.4 Å². The molecule has 0 heterocycles. The summed E-state index contributed by atoms with van der Waals surface area (Å²) in [4.78, 5) is 12.1. The van der Waals surface area contributed by atoms with Crippen molar-refractivity contribution in [2.75, 3.05) is 7.11 Å². The van der Waals surface area contributed by atoms with E-state index in [0.717, 1.165) is 23.3 Å². The molecule has 19 heavy (non-hydrogen) atoms. The number of rotatable bonds is 5. The van der Waals surface area contributed by atoms with E-state index in [1.54, 1.807) is 7.11 Å². The first-order chi connectivity index (χ1) is 9.22. The molecule has 0 saturated carbocycles. The molecule has 0 atom stereocenters. The molecule has 2 heteroatoms. The second-order valence-corrected chi connectivity index (χ2v) is 4.50. The normalized spacial score (nSPS) is 10.2. The fourth-order valence-electron chi connectivity index (χ4n) is 1.96. The predicted octanol–water partition coefficient (Wildman–Crippen LogP) is 3.68. The topological polar surface area (TPSA) is 26.3 Å². The van der Waals surface area contributed by atoms with Gasteiger partial charge in [0.1, 0.15) is 5.75 Å². The van der Waals surface area contributed by atoms with Crippen molar-refractivity contribution in [2.45, 2.75) is 19.8 Å². The molecular weight excluding hydrogens is 236 g/mol. The Morgan fingerprint density at radius 1 is 0.947 bits per heavy atom. The zero-order chi connectivity index (χ0) is 13.7. The Labute approximate surface area is 114 Å². The number of carbonyl (C=O) groups is 1.